The lowest BCUT2D eigenvalue weighted by Crippen LogP contribution is -2.27. The minimum absolute atomic E-state index is 0.132. The van der Waals surface area contributed by atoms with Crippen LogP contribution in [0.5, 0.6) is 0 Å². The molecule has 1 aromatic rings. The van der Waals surface area contributed by atoms with Crippen molar-refractivity contribution in [1.29, 1.82) is 0 Å². The Morgan fingerprint density at radius 1 is 1.35 bits per heavy atom. The fourth-order valence-electron chi connectivity index (χ4n) is 1.61. The van der Waals surface area contributed by atoms with Crippen LogP contribution in [-0.4, -0.2) is 28.7 Å². The van der Waals surface area contributed by atoms with Crippen LogP contribution < -0.4 is 0 Å². The van der Waals surface area contributed by atoms with Gasteiger partial charge < -0.3 is 4.79 Å². The number of nitrogens with zero attached hydrogens (tertiary/aromatic N) is 3. The third-order valence-corrected chi connectivity index (χ3v) is 2.53. The van der Waals surface area contributed by atoms with Gasteiger partial charge in [0.25, 0.3) is 5.91 Å². The van der Waals surface area contributed by atoms with Crippen LogP contribution in [-0.2, 0) is 9.59 Å². The van der Waals surface area contributed by atoms with Crippen molar-refractivity contribution in [3.05, 3.63) is 30.1 Å². The van der Waals surface area contributed by atoms with E-state index in [0.717, 1.165) is 0 Å². The lowest BCUT2D eigenvalue weighted by Gasteiger charge is -2.15. The van der Waals surface area contributed by atoms with E-state index in [-0.39, 0.29) is 12.3 Å². The molecule has 0 aromatic carbocycles. The van der Waals surface area contributed by atoms with E-state index in [4.69, 9.17) is 0 Å². The molecule has 0 saturated carbocycles. The second-order valence-electron chi connectivity index (χ2n) is 3.70. The molecule has 0 fully saturated rings. The molecule has 0 aliphatic carbocycles. The number of aliphatic imine (C=N–C) groups is 2. The smallest absolute Gasteiger partial charge is 0.256 e. The van der Waals surface area contributed by atoms with E-state index in [1.807, 2.05) is 0 Å². The molecule has 86 valence electrons. The van der Waals surface area contributed by atoms with E-state index in [1.165, 1.54) is 0 Å². The number of amides is 1. The molecule has 0 spiro atoms. The number of carbonyl (C=O) groups is 2. The average molecular weight is 229 g/mol. The molecule has 1 aliphatic heterocycles. The lowest BCUT2D eigenvalue weighted by atomic mass is 9.99. The first kappa shape index (κ1) is 11.3. The summed E-state index contributed by atoms with van der Waals surface area (Å²) in [5, 5.41) is 0. The molecule has 1 aromatic heterocycles. The Labute approximate surface area is 98.3 Å². The molecule has 0 radical (unpaired) electrons. The molecule has 1 amide bonds. The van der Waals surface area contributed by atoms with E-state index in [0.29, 0.717) is 23.5 Å². The van der Waals surface area contributed by atoms with Gasteiger partial charge in [0.15, 0.2) is 5.84 Å². The van der Waals surface area contributed by atoms with Crippen molar-refractivity contribution in [1.82, 2.24) is 4.98 Å². The third-order valence-electron chi connectivity index (χ3n) is 2.53. The van der Waals surface area contributed by atoms with Gasteiger partial charge in [0, 0.05) is 18.3 Å². The summed E-state index contributed by atoms with van der Waals surface area (Å²) in [7, 11) is 0. The number of pyridine rings is 1. The van der Waals surface area contributed by atoms with E-state index in [9.17, 15) is 9.59 Å². The van der Waals surface area contributed by atoms with Gasteiger partial charge in [-0.3, -0.25) is 9.78 Å². The first-order chi connectivity index (χ1) is 8.22. The molecule has 0 N–H and O–H groups in total. The summed E-state index contributed by atoms with van der Waals surface area (Å²) in [5.74, 6) is -0.527. The van der Waals surface area contributed by atoms with E-state index in [2.05, 4.69) is 15.0 Å². The highest BCUT2D eigenvalue weighted by atomic mass is 16.1. The Kier molecular flexibility index (Phi) is 3.18. The molecule has 1 atom stereocenters. The highest BCUT2D eigenvalue weighted by Gasteiger charge is 2.26. The molecule has 1 unspecified atom stereocenters. The monoisotopic (exact) mass is 229 g/mol. The van der Waals surface area contributed by atoms with E-state index < -0.39 is 5.92 Å². The van der Waals surface area contributed by atoms with Crippen molar-refractivity contribution in [3.63, 3.8) is 0 Å². The number of hydrogen-bond donors (Lipinski definition) is 0. The van der Waals surface area contributed by atoms with Gasteiger partial charge in [0.05, 0.1) is 5.92 Å². The van der Waals surface area contributed by atoms with Crippen LogP contribution in [0.25, 0.3) is 0 Å². The topological polar surface area (TPSA) is 71.8 Å². The minimum atomic E-state index is -0.514. The molecule has 0 saturated heterocycles. The van der Waals surface area contributed by atoms with Crippen LogP contribution in [0.15, 0.2) is 34.4 Å². The predicted molar refractivity (Wildman–Crippen MR) is 63.1 cm³/mol. The maximum absolute atomic E-state index is 11.7. The Balaban J connectivity index is 2.32. The highest BCUT2D eigenvalue weighted by molar-refractivity contribution is 6.19. The number of amidine groups is 1. The molecular weight excluding hydrogens is 218 g/mol. The number of aldehydes is 1. The fourth-order valence-corrected chi connectivity index (χ4v) is 1.61. The van der Waals surface area contributed by atoms with E-state index in [1.54, 1.807) is 31.3 Å². The number of rotatable bonds is 3. The highest BCUT2D eigenvalue weighted by Crippen LogP contribution is 2.14. The van der Waals surface area contributed by atoms with Gasteiger partial charge in [-0.25, -0.2) is 4.99 Å². The molecule has 5 nitrogen and oxygen atoms in total. The Morgan fingerprint density at radius 2 is 2.18 bits per heavy atom. The van der Waals surface area contributed by atoms with Crippen LogP contribution in [0.1, 0.15) is 19.0 Å². The summed E-state index contributed by atoms with van der Waals surface area (Å²) in [4.78, 5) is 34.4. The maximum Gasteiger partial charge on any atom is 0.256 e. The van der Waals surface area contributed by atoms with Crippen LogP contribution in [0.4, 0.5) is 0 Å². The van der Waals surface area contributed by atoms with Crippen molar-refractivity contribution in [2.45, 2.75) is 13.3 Å². The minimum Gasteiger partial charge on any atom is -0.303 e. The quantitative estimate of drug-likeness (QED) is 0.727. The Morgan fingerprint density at radius 3 is 2.76 bits per heavy atom. The van der Waals surface area contributed by atoms with Crippen molar-refractivity contribution >= 4 is 23.7 Å². The molecular formula is C12H11N3O2. The standard InChI is InChI=1S/C12H11N3O2/c1-8-9(5-7-16)12(17)15-11(14-8)10-4-2-3-6-13-10/h2-4,6-7,9H,5H2,1H3. The summed E-state index contributed by atoms with van der Waals surface area (Å²) < 4.78 is 0. The van der Waals surface area contributed by atoms with Gasteiger partial charge in [0.2, 0.25) is 0 Å². The lowest BCUT2D eigenvalue weighted by molar-refractivity contribution is -0.121. The Bertz CT molecular complexity index is 506. The third kappa shape index (κ3) is 2.33. The normalized spacial score (nSPS) is 19.6. The largest absolute Gasteiger partial charge is 0.303 e. The van der Waals surface area contributed by atoms with Crippen LogP contribution in [0.3, 0.4) is 0 Å². The molecule has 17 heavy (non-hydrogen) atoms. The zero-order chi connectivity index (χ0) is 12.3. The van der Waals surface area contributed by atoms with Crippen LogP contribution in [0, 0.1) is 5.92 Å². The van der Waals surface area contributed by atoms with Crippen molar-refractivity contribution in [2.24, 2.45) is 15.9 Å². The van der Waals surface area contributed by atoms with Crippen molar-refractivity contribution < 1.29 is 9.59 Å². The molecule has 2 rings (SSSR count). The molecule has 2 heterocycles. The second kappa shape index (κ2) is 4.78. The molecule has 0 bridgehead atoms. The zero-order valence-corrected chi connectivity index (χ0v) is 9.33. The number of aromatic nitrogens is 1. The van der Waals surface area contributed by atoms with Crippen LogP contribution >= 0.6 is 0 Å². The van der Waals surface area contributed by atoms with Crippen molar-refractivity contribution in [2.75, 3.05) is 0 Å². The van der Waals surface area contributed by atoms with Crippen LogP contribution in [0.2, 0.25) is 0 Å². The predicted octanol–water partition coefficient (Wildman–Crippen LogP) is 1.03. The van der Waals surface area contributed by atoms with E-state index >= 15 is 0 Å². The molecule has 5 heteroatoms. The van der Waals surface area contributed by atoms with Gasteiger partial charge in [-0.1, -0.05) is 6.07 Å². The summed E-state index contributed by atoms with van der Waals surface area (Å²) in [6, 6.07) is 5.32. The molecule has 1 aliphatic rings. The summed E-state index contributed by atoms with van der Waals surface area (Å²) in [5.41, 5.74) is 1.17. The first-order valence-electron chi connectivity index (χ1n) is 5.25. The van der Waals surface area contributed by atoms with Gasteiger partial charge in [0.1, 0.15) is 12.0 Å². The van der Waals surface area contributed by atoms with Gasteiger partial charge in [-0.2, -0.15) is 4.99 Å². The van der Waals surface area contributed by atoms with Gasteiger partial charge in [-0.15, -0.1) is 0 Å². The first-order valence-corrected chi connectivity index (χ1v) is 5.25. The maximum atomic E-state index is 11.7. The van der Waals surface area contributed by atoms with Gasteiger partial charge in [-0.05, 0) is 19.1 Å². The summed E-state index contributed by atoms with van der Waals surface area (Å²) in [6.45, 7) is 1.73. The summed E-state index contributed by atoms with van der Waals surface area (Å²) >= 11 is 0. The number of hydrogen-bond acceptors (Lipinski definition) is 4. The Hall–Kier alpha value is -2.17. The van der Waals surface area contributed by atoms with Gasteiger partial charge >= 0.3 is 0 Å². The number of carbonyl (C=O) groups excluding carboxylic acids is 2. The summed E-state index contributed by atoms with van der Waals surface area (Å²) in [6.07, 6.45) is 2.46. The SMILES string of the molecule is CC1=NC(c2ccccn2)=NC(=O)C1CC=O. The average Bonchev–Trinajstić information content (AvgIpc) is 2.35. The zero-order valence-electron chi connectivity index (χ0n) is 9.33. The fraction of sp³-hybridized carbons (Fsp3) is 0.250. The van der Waals surface area contributed by atoms with Crippen molar-refractivity contribution in [3.8, 4) is 0 Å². The second-order valence-corrected chi connectivity index (χ2v) is 3.70.